The van der Waals surface area contributed by atoms with Crippen LogP contribution in [0, 0.1) is 27.4 Å². The summed E-state index contributed by atoms with van der Waals surface area (Å²) in [6.07, 6.45) is 2.93. The van der Waals surface area contributed by atoms with Gasteiger partial charge in [-0.1, -0.05) is 48.0 Å². The van der Waals surface area contributed by atoms with Crippen LogP contribution < -0.4 is 10.2 Å². The molecule has 1 aliphatic rings. The van der Waals surface area contributed by atoms with E-state index < -0.39 is 0 Å². The molecule has 0 saturated heterocycles. The van der Waals surface area contributed by atoms with Gasteiger partial charge in [0.15, 0.2) is 0 Å². The summed E-state index contributed by atoms with van der Waals surface area (Å²) in [4.78, 5) is 2.15. The highest BCUT2D eigenvalue weighted by Crippen LogP contribution is 2.32. The third kappa shape index (κ3) is 2.80. The summed E-state index contributed by atoms with van der Waals surface area (Å²) in [5.74, 6) is 0. The number of nitrogens with zero attached hydrogens (tertiary/aromatic N) is 1. The summed E-state index contributed by atoms with van der Waals surface area (Å²) in [7, 11) is 0. The van der Waals surface area contributed by atoms with Crippen LogP contribution in [0.25, 0.3) is 0 Å². The van der Waals surface area contributed by atoms with E-state index >= 15 is 0 Å². The van der Waals surface area contributed by atoms with E-state index in [1.165, 1.54) is 33.6 Å². The van der Waals surface area contributed by atoms with Gasteiger partial charge in [0.25, 0.3) is 0 Å². The fourth-order valence-electron chi connectivity index (χ4n) is 2.98. The molecule has 2 nitrogen and oxygen atoms in total. The Morgan fingerprint density at radius 2 is 1.67 bits per heavy atom. The smallest absolute Gasteiger partial charge is 0.210 e. The molecule has 0 fully saturated rings. The van der Waals surface area contributed by atoms with E-state index in [1.807, 2.05) is 6.20 Å². The van der Waals surface area contributed by atoms with E-state index in [0.29, 0.717) is 0 Å². The SMILES string of the molecule is Cc1cc(C)c(N2[C]NC=C2Cc2ccccc2)c(C)c1. The van der Waals surface area contributed by atoms with Crippen molar-refractivity contribution in [3.8, 4) is 0 Å². The standard InChI is InChI=1S/C19H20N2/c1-14-9-15(2)19(16(3)10-14)21-13-20-12-18(21)11-17-7-5-4-6-8-17/h4-10,12,20H,11H2,1-3H3. The highest BCUT2D eigenvalue weighted by molar-refractivity contribution is 5.66. The third-order valence-corrected chi connectivity index (χ3v) is 3.79. The van der Waals surface area contributed by atoms with Crippen LogP contribution in [-0.2, 0) is 6.42 Å². The quantitative estimate of drug-likeness (QED) is 0.908. The monoisotopic (exact) mass is 276 g/mol. The van der Waals surface area contributed by atoms with Crippen molar-refractivity contribution in [2.24, 2.45) is 0 Å². The first-order chi connectivity index (χ1) is 10.1. The van der Waals surface area contributed by atoms with E-state index in [0.717, 1.165) is 6.42 Å². The number of hydrogen-bond donors (Lipinski definition) is 1. The van der Waals surface area contributed by atoms with Gasteiger partial charge >= 0.3 is 0 Å². The number of benzene rings is 2. The number of nitrogens with one attached hydrogen (secondary N) is 1. The summed E-state index contributed by atoms with van der Waals surface area (Å²) in [6, 6.07) is 15.0. The van der Waals surface area contributed by atoms with Crippen LogP contribution >= 0.6 is 0 Å². The second-order valence-corrected chi connectivity index (χ2v) is 5.64. The first-order valence-corrected chi connectivity index (χ1v) is 7.27. The predicted octanol–water partition coefficient (Wildman–Crippen LogP) is 4.10. The molecule has 106 valence electrons. The van der Waals surface area contributed by atoms with Crippen LogP contribution in [0.4, 0.5) is 5.69 Å². The molecule has 0 aromatic heterocycles. The zero-order valence-corrected chi connectivity index (χ0v) is 12.8. The summed E-state index contributed by atoms with van der Waals surface area (Å²) in [6.45, 7) is 9.70. The Morgan fingerprint density at radius 1 is 1.00 bits per heavy atom. The van der Waals surface area contributed by atoms with Crippen LogP contribution in [0.1, 0.15) is 22.3 Å². The number of allylic oxidation sites excluding steroid dienone is 1. The maximum absolute atomic E-state index is 3.24. The minimum absolute atomic E-state index is 0.896. The van der Waals surface area contributed by atoms with Gasteiger partial charge in [0.2, 0.25) is 6.67 Å². The van der Waals surface area contributed by atoms with Crippen LogP contribution in [0.15, 0.2) is 54.4 Å². The molecule has 2 heteroatoms. The number of anilines is 1. The van der Waals surface area contributed by atoms with E-state index in [4.69, 9.17) is 0 Å². The molecular formula is C19H20N2. The molecule has 2 radical (unpaired) electrons. The normalized spacial score (nSPS) is 14.0. The summed E-state index contributed by atoms with van der Waals surface area (Å²) in [5.41, 5.74) is 7.62. The van der Waals surface area contributed by atoms with Gasteiger partial charge in [0.1, 0.15) is 0 Å². The summed E-state index contributed by atoms with van der Waals surface area (Å²) < 4.78 is 0. The molecule has 0 saturated carbocycles. The zero-order chi connectivity index (χ0) is 14.8. The Bertz CT molecular complexity index is 648. The number of rotatable bonds is 3. The first kappa shape index (κ1) is 13.7. The molecular weight excluding hydrogens is 256 g/mol. The minimum Gasteiger partial charge on any atom is -0.360 e. The van der Waals surface area contributed by atoms with Gasteiger partial charge in [-0.2, -0.15) is 0 Å². The molecule has 0 atom stereocenters. The lowest BCUT2D eigenvalue weighted by atomic mass is 10.0. The summed E-state index contributed by atoms with van der Waals surface area (Å²) >= 11 is 0. The van der Waals surface area contributed by atoms with E-state index in [9.17, 15) is 0 Å². The number of hydrogen-bond acceptors (Lipinski definition) is 2. The Kier molecular flexibility index (Phi) is 3.70. The van der Waals surface area contributed by atoms with Crippen molar-refractivity contribution in [2.45, 2.75) is 27.2 Å². The van der Waals surface area contributed by atoms with Crippen molar-refractivity contribution < 1.29 is 0 Å². The average molecular weight is 276 g/mol. The average Bonchev–Trinajstić information content (AvgIpc) is 2.87. The molecule has 21 heavy (non-hydrogen) atoms. The molecule has 1 N–H and O–H groups in total. The van der Waals surface area contributed by atoms with Gasteiger partial charge in [0, 0.05) is 24.0 Å². The third-order valence-electron chi connectivity index (χ3n) is 3.79. The molecule has 3 rings (SSSR count). The van der Waals surface area contributed by atoms with Gasteiger partial charge < -0.3 is 10.2 Å². The van der Waals surface area contributed by atoms with Crippen LogP contribution in [0.3, 0.4) is 0 Å². The maximum Gasteiger partial charge on any atom is 0.210 e. The van der Waals surface area contributed by atoms with E-state index in [1.54, 1.807) is 0 Å². The van der Waals surface area contributed by atoms with E-state index in [2.05, 4.69) is 80.1 Å². The Hall–Kier alpha value is -2.22. The van der Waals surface area contributed by atoms with Crippen molar-refractivity contribution in [2.75, 3.05) is 4.90 Å². The van der Waals surface area contributed by atoms with Crippen molar-refractivity contribution in [1.29, 1.82) is 0 Å². The van der Waals surface area contributed by atoms with Gasteiger partial charge in [-0.3, -0.25) is 0 Å². The topological polar surface area (TPSA) is 15.3 Å². The minimum atomic E-state index is 0.896. The molecule has 2 aromatic carbocycles. The number of aryl methyl sites for hydroxylation is 3. The van der Waals surface area contributed by atoms with E-state index in [-0.39, 0.29) is 0 Å². The molecule has 0 unspecified atom stereocenters. The highest BCUT2D eigenvalue weighted by atomic mass is 15.3. The second kappa shape index (κ2) is 5.65. The lowest BCUT2D eigenvalue weighted by molar-refractivity contribution is 0.980. The van der Waals surface area contributed by atoms with Crippen molar-refractivity contribution >= 4 is 5.69 Å². The van der Waals surface area contributed by atoms with Crippen molar-refractivity contribution in [3.63, 3.8) is 0 Å². The molecule has 2 aromatic rings. The van der Waals surface area contributed by atoms with Gasteiger partial charge in [-0.25, -0.2) is 0 Å². The maximum atomic E-state index is 3.24. The summed E-state index contributed by atoms with van der Waals surface area (Å²) in [5, 5.41) is 3.12. The fraction of sp³-hybridized carbons (Fsp3) is 0.211. The van der Waals surface area contributed by atoms with Gasteiger partial charge in [-0.05, 0) is 37.5 Å². The van der Waals surface area contributed by atoms with Crippen molar-refractivity contribution in [1.82, 2.24) is 5.32 Å². The highest BCUT2D eigenvalue weighted by Gasteiger charge is 2.21. The first-order valence-electron chi connectivity index (χ1n) is 7.27. The fourth-order valence-corrected chi connectivity index (χ4v) is 2.98. The van der Waals surface area contributed by atoms with Crippen LogP contribution in [0.5, 0.6) is 0 Å². The molecule has 0 bridgehead atoms. The van der Waals surface area contributed by atoms with Gasteiger partial charge in [-0.15, -0.1) is 0 Å². The molecule has 0 spiro atoms. The largest absolute Gasteiger partial charge is 0.360 e. The van der Waals surface area contributed by atoms with Crippen molar-refractivity contribution in [3.05, 3.63) is 83.3 Å². The lowest BCUT2D eigenvalue weighted by Crippen LogP contribution is -2.21. The van der Waals surface area contributed by atoms with Crippen LogP contribution in [-0.4, -0.2) is 0 Å². The Balaban J connectivity index is 1.91. The van der Waals surface area contributed by atoms with Gasteiger partial charge in [0.05, 0.1) is 0 Å². The Morgan fingerprint density at radius 3 is 2.33 bits per heavy atom. The second-order valence-electron chi connectivity index (χ2n) is 5.64. The lowest BCUT2D eigenvalue weighted by Gasteiger charge is -2.24. The predicted molar refractivity (Wildman–Crippen MR) is 87.7 cm³/mol. The molecule has 1 aliphatic heterocycles. The molecule has 0 amide bonds. The zero-order valence-electron chi connectivity index (χ0n) is 12.8. The Labute approximate surface area is 127 Å². The molecule has 0 aliphatic carbocycles. The van der Waals surface area contributed by atoms with Crippen LogP contribution in [0.2, 0.25) is 0 Å². The molecule has 1 heterocycles.